The fourth-order valence-corrected chi connectivity index (χ4v) is 4.01. The Labute approximate surface area is 126 Å². The SMILES string of the molecule is OC[C@H]1C[C@H](I)[C@@H](n2cc(-c3ccccc3)nn2)C1. The highest BCUT2D eigenvalue weighted by atomic mass is 127. The highest BCUT2D eigenvalue weighted by Crippen LogP contribution is 2.39. The van der Waals surface area contributed by atoms with Crippen LogP contribution in [0.3, 0.4) is 0 Å². The van der Waals surface area contributed by atoms with E-state index in [1.165, 1.54) is 0 Å². The van der Waals surface area contributed by atoms with Crippen molar-refractivity contribution in [1.29, 1.82) is 0 Å². The first-order valence-corrected chi connectivity index (χ1v) is 7.74. The molecule has 0 unspecified atom stereocenters. The largest absolute Gasteiger partial charge is 0.396 e. The number of halogens is 1. The summed E-state index contributed by atoms with van der Waals surface area (Å²) < 4.78 is 2.48. The first-order valence-electron chi connectivity index (χ1n) is 6.50. The predicted octanol–water partition coefficient (Wildman–Crippen LogP) is 2.69. The fourth-order valence-electron chi connectivity index (χ4n) is 2.66. The van der Waals surface area contributed by atoms with Crippen molar-refractivity contribution < 1.29 is 5.11 Å². The Bertz CT molecular complexity index is 543. The monoisotopic (exact) mass is 369 g/mol. The number of aromatic nitrogens is 3. The molecule has 3 atom stereocenters. The first-order chi connectivity index (χ1) is 9.28. The molecule has 4 nitrogen and oxygen atoms in total. The smallest absolute Gasteiger partial charge is 0.113 e. The van der Waals surface area contributed by atoms with Crippen molar-refractivity contribution in [3.05, 3.63) is 36.5 Å². The third-order valence-corrected chi connectivity index (χ3v) is 5.07. The van der Waals surface area contributed by atoms with Crippen LogP contribution in [0.4, 0.5) is 0 Å². The van der Waals surface area contributed by atoms with E-state index in [-0.39, 0.29) is 6.61 Å². The molecule has 0 bridgehead atoms. The topological polar surface area (TPSA) is 50.9 Å². The van der Waals surface area contributed by atoms with Gasteiger partial charge in [-0.2, -0.15) is 0 Å². The Balaban J connectivity index is 1.82. The van der Waals surface area contributed by atoms with Gasteiger partial charge in [0.25, 0.3) is 0 Å². The number of nitrogens with zero attached hydrogens (tertiary/aromatic N) is 3. The van der Waals surface area contributed by atoms with Gasteiger partial charge in [-0.15, -0.1) is 5.10 Å². The van der Waals surface area contributed by atoms with Crippen molar-refractivity contribution in [2.75, 3.05) is 6.61 Å². The predicted molar refractivity (Wildman–Crippen MR) is 82.1 cm³/mol. The van der Waals surface area contributed by atoms with Gasteiger partial charge < -0.3 is 5.11 Å². The fraction of sp³-hybridized carbons (Fsp3) is 0.429. The van der Waals surface area contributed by atoms with Crippen LogP contribution in [0.2, 0.25) is 0 Å². The molecule has 0 aliphatic heterocycles. The minimum Gasteiger partial charge on any atom is -0.396 e. The standard InChI is InChI=1S/C14H16IN3O/c15-12-6-10(9-19)7-14(12)18-8-13(16-17-18)11-4-2-1-3-5-11/h1-5,8,10,12,14,19H,6-7,9H2/t10-,12-,14-/m0/s1. The van der Waals surface area contributed by atoms with E-state index in [1.807, 2.05) is 41.2 Å². The van der Waals surface area contributed by atoms with Crippen LogP contribution in [0.5, 0.6) is 0 Å². The van der Waals surface area contributed by atoms with Gasteiger partial charge in [0.15, 0.2) is 0 Å². The van der Waals surface area contributed by atoms with Crippen molar-refractivity contribution in [2.24, 2.45) is 5.92 Å². The Morgan fingerprint density at radius 1 is 1.26 bits per heavy atom. The maximum Gasteiger partial charge on any atom is 0.113 e. The van der Waals surface area contributed by atoms with Crippen LogP contribution in [0, 0.1) is 5.92 Å². The van der Waals surface area contributed by atoms with Crippen LogP contribution < -0.4 is 0 Å². The zero-order valence-corrected chi connectivity index (χ0v) is 12.6. The molecule has 2 aromatic rings. The van der Waals surface area contributed by atoms with Gasteiger partial charge in [-0.1, -0.05) is 58.1 Å². The Morgan fingerprint density at radius 3 is 2.74 bits per heavy atom. The highest BCUT2D eigenvalue weighted by Gasteiger charge is 2.34. The number of aliphatic hydroxyl groups excluding tert-OH is 1. The average molecular weight is 369 g/mol. The molecule has 3 rings (SSSR count). The summed E-state index contributed by atoms with van der Waals surface area (Å²) in [4.78, 5) is 0. The molecule has 1 N–H and O–H groups in total. The lowest BCUT2D eigenvalue weighted by molar-refractivity contribution is 0.225. The van der Waals surface area contributed by atoms with Gasteiger partial charge in [-0.3, -0.25) is 0 Å². The van der Waals surface area contributed by atoms with E-state index in [4.69, 9.17) is 0 Å². The summed E-state index contributed by atoms with van der Waals surface area (Å²) >= 11 is 2.46. The number of benzene rings is 1. The minimum atomic E-state index is 0.274. The van der Waals surface area contributed by atoms with Gasteiger partial charge in [-0.05, 0) is 18.8 Å². The molecule has 0 radical (unpaired) electrons. The molecule has 0 saturated heterocycles. The molecule has 1 aromatic carbocycles. The molecule has 1 aliphatic rings. The van der Waals surface area contributed by atoms with Crippen LogP contribution in [0.15, 0.2) is 36.5 Å². The number of hydrogen-bond acceptors (Lipinski definition) is 3. The second kappa shape index (κ2) is 5.58. The molecule has 1 saturated carbocycles. The summed E-state index contributed by atoms with van der Waals surface area (Å²) in [6.07, 6.45) is 4.06. The second-order valence-electron chi connectivity index (χ2n) is 5.05. The first kappa shape index (κ1) is 13.1. The minimum absolute atomic E-state index is 0.274. The molecule has 100 valence electrons. The Morgan fingerprint density at radius 2 is 2.05 bits per heavy atom. The van der Waals surface area contributed by atoms with Crippen LogP contribution in [0.25, 0.3) is 11.3 Å². The molecular weight excluding hydrogens is 353 g/mol. The maximum atomic E-state index is 9.28. The third-order valence-electron chi connectivity index (χ3n) is 3.73. The average Bonchev–Trinajstić information content (AvgIpc) is 3.06. The van der Waals surface area contributed by atoms with Crippen molar-refractivity contribution >= 4 is 22.6 Å². The molecular formula is C14H16IN3O. The summed E-state index contributed by atoms with van der Waals surface area (Å²) in [6.45, 7) is 0.274. The normalized spacial score (nSPS) is 26.7. The summed E-state index contributed by atoms with van der Waals surface area (Å²) in [6, 6.07) is 10.4. The highest BCUT2D eigenvalue weighted by molar-refractivity contribution is 14.1. The summed E-state index contributed by atoms with van der Waals surface area (Å²) in [5.41, 5.74) is 2.01. The molecule has 1 aliphatic carbocycles. The van der Waals surface area contributed by atoms with Gasteiger partial charge in [0.05, 0.1) is 12.2 Å². The summed E-state index contributed by atoms with van der Waals surface area (Å²) in [5, 5.41) is 17.8. The van der Waals surface area contributed by atoms with Crippen molar-refractivity contribution in [2.45, 2.75) is 22.8 Å². The third kappa shape index (κ3) is 2.67. The van der Waals surface area contributed by atoms with E-state index in [0.717, 1.165) is 24.1 Å². The molecule has 0 spiro atoms. The van der Waals surface area contributed by atoms with Gasteiger partial charge in [0.2, 0.25) is 0 Å². The zero-order chi connectivity index (χ0) is 13.2. The summed E-state index contributed by atoms with van der Waals surface area (Å²) in [7, 11) is 0. The van der Waals surface area contributed by atoms with Crippen LogP contribution >= 0.6 is 22.6 Å². The van der Waals surface area contributed by atoms with E-state index in [9.17, 15) is 5.11 Å². The van der Waals surface area contributed by atoms with Gasteiger partial charge in [-0.25, -0.2) is 4.68 Å². The molecule has 5 heteroatoms. The lowest BCUT2D eigenvalue weighted by Gasteiger charge is -2.13. The van der Waals surface area contributed by atoms with Crippen molar-refractivity contribution in [3.63, 3.8) is 0 Å². The van der Waals surface area contributed by atoms with Crippen LogP contribution in [0.1, 0.15) is 18.9 Å². The quantitative estimate of drug-likeness (QED) is 0.669. The molecule has 1 heterocycles. The molecule has 1 aromatic heterocycles. The number of rotatable bonds is 3. The van der Waals surface area contributed by atoms with Gasteiger partial charge >= 0.3 is 0 Å². The van der Waals surface area contributed by atoms with Gasteiger partial charge in [0.1, 0.15) is 5.69 Å². The van der Waals surface area contributed by atoms with Crippen molar-refractivity contribution in [3.8, 4) is 11.3 Å². The molecule has 0 amide bonds. The van der Waals surface area contributed by atoms with Crippen LogP contribution in [-0.4, -0.2) is 30.6 Å². The van der Waals surface area contributed by atoms with E-state index >= 15 is 0 Å². The lowest BCUT2D eigenvalue weighted by atomic mass is 10.1. The zero-order valence-electron chi connectivity index (χ0n) is 10.5. The summed E-state index contributed by atoms with van der Waals surface area (Å²) in [5.74, 6) is 0.399. The van der Waals surface area contributed by atoms with E-state index in [1.54, 1.807) is 0 Å². The lowest BCUT2D eigenvalue weighted by Crippen LogP contribution is -2.14. The number of hydrogen-bond donors (Lipinski definition) is 1. The Kier molecular flexibility index (Phi) is 3.83. The Hall–Kier alpha value is -0.950. The van der Waals surface area contributed by atoms with Crippen LogP contribution in [-0.2, 0) is 0 Å². The molecule has 1 fully saturated rings. The number of alkyl halides is 1. The van der Waals surface area contributed by atoms with E-state index in [2.05, 4.69) is 32.9 Å². The van der Waals surface area contributed by atoms with E-state index < -0.39 is 0 Å². The van der Waals surface area contributed by atoms with E-state index in [0.29, 0.717) is 15.9 Å². The number of aliphatic hydroxyl groups is 1. The molecule has 19 heavy (non-hydrogen) atoms. The maximum absolute atomic E-state index is 9.28. The second-order valence-corrected chi connectivity index (χ2v) is 6.65. The van der Waals surface area contributed by atoms with Gasteiger partial charge in [0, 0.05) is 16.1 Å². The van der Waals surface area contributed by atoms with Crippen molar-refractivity contribution in [1.82, 2.24) is 15.0 Å².